The van der Waals surface area contributed by atoms with Gasteiger partial charge in [0.1, 0.15) is 12.4 Å². The van der Waals surface area contributed by atoms with Gasteiger partial charge in [-0.05, 0) is 86.3 Å². The summed E-state index contributed by atoms with van der Waals surface area (Å²) in [5.41, 5.74) is 2.00. The van der Waals surface area contributed by atoms with Crippen molar-refractivity contribution in [1.29, 1.82) is 0 Å². The number of halogens is 2. The van der Waals surface area contributed by atoms with E-state index in [9.17, 15) is 25.0 Å². The lowest BCUT2D eigenvalue weighted by Crippen LogP contribution is -2.08. The van der Waals surface area contributed by atoms with Crippen LogP contribution < -0.4 is 4.74 Å². The average Bonchev–Trinajstić information content (AvgIpc) is 3.18. The van der Waals surface area contributed by atoms with E-state index in [2.05, 4.69) is 36.9 Å². The van der Waals surface area contributed by atoms with Crippen LogP contribution in [0, 0.1) is 27.2 Å². The van der Waals surface area contributed by atoms with Crippen molar-refractivity contribution in [3.05, 3.63) is 112 Å². The van der Waals surface area contributed by atoms with E-state index in [1.54, 1.807) is 37.3 Å². The monoisotopic (exact) mass is 615 g/mol. The topological polar surface area (TPSA) is 134 Å². The molecular formula is C24H15Br2N3O7. The second kappa shape index (κ2) is 10.4. The molecule has 1 aliphatic heterocycles. The van der Waals surface area contributed by atoms with Crippen LogP contribution >= 0.6 is 31.9 Å². The molecule has 12 heteroatoms. The molecule has 3 aromatic carbocycles. The Kier molecular flexibility index (Phi) is 7.27. The average molecular weight is 617 g/mol. The van der Waals surface area contributed by atoms with E-state index in [0.717, 1.165) is 5.56 Å². The molecule has 0 fully saturated rings. The Bertz CT molecular complexity index is 1440. The molecule has 1 heterocycles. The van der Waals surface area contributed by atoms with Crippen molar-refractivity contribution in [2.75, 3.05) is 0 Å². The van der Waals surface area contributed by atoms with Gasteiger partial charge in [-0.25, -0.2) is 9.79 Å². The zero-order valence-corrected chi connectivity index (χ0v) is 21.6. The van der Waals surface area contributed by atoms with Gasteiger partial charge in [-0.2, -0.15) is 0 Å². The Balaban J connectivity index is 1.55. The largest absolute Gasteiger partial charge is 0.487 e. The first kappa shape index (κ1) is 25.2. The van der Waals surface area contributed by atoms with E-state index in [1.165, 1.54) is 30.3 Å². The molecule has 1 aliphatic rings. The summed E-state index contributed by atoms with van der Waals surface area (Å²) in [6.07, 6.45) is 1.53. The molecule has 0 aliphatic carbocycles. The number of benzene rings is 3. The second-order valence-electron chi connectivity index (χ2n) is 7.57. The molecule has 0 aromatic heterocycles. The van der Waals surface area contributed by atoms with Crippen molar-refractivity contribution < 1.29 is 24.1 Å². The number of hydrogen-bond acceptors (Lipinski definition) is 8. The first-order valence-corrected chi connectivity index (χ1v) is 11.8. The summed E-state index contributed by atoms with van der Waals surface area (Å²) in [5, 5.41) is 22.0. The highest BCUT2D eigenvalue weighted by atomic mass is 79.9. The predicted octanol–water partition coefficient (Wildman–Crippen LogP) is 6.26. The SMILES string of the molecule is Cc1c(C2=N/C(=C\c3cc(Br)c(OCc4ccc([N+](=O)[O-])cc4)c(Br)c3)C(=O)O2)cccc1[N+](=O)[O-]. The first-order chi connectivity index (χ1) is 17.1. The zero-order chi connectivity index (χ0) is 26.0. The Morgan fingerprint density at radius 3 is 2.31 bits per heavy atom. The number of nitrogens with zero attached hydrogens (tertiary/aromatic N) is 3. The third-order valence-electron chi connectivity index (χ3n) is 5.21. The molecule has 0 N–H and O–H groups in total. The Morgan fingerprint density at radius 1 is 1.03 bits per heavy atom. The quantitative estimate of drug-likeness (QED) is 0.132. The number of aliphatic imine (C=N–C) groups is 1. The highest BCUT2D eigenvalue weighted by molar-refractivity contribution is 9.11. The minimum Gasteiger partial charge on any atom is -0.487 e. The molecule has 0 saturated carbocycles. The third-order valence-corrected chi connectivity index (χ3v) is 6.39. The number of carbonyl (C=O) groups is 1. The number of cyclic esters (lactones) is 1. The molecule has 182 valence electrons. The highest BCUT2D eigenvalue weighted by Gasteiger charge is 2.27. The van der Waals surface area contributed by atoms with Gasteiger partial charge in [-0.3, -0.25) is 20.2 Å². The molecule has 0 atom stereocenters. The second-order valence-corrected chi connectivity index (χ2v) is 9.28. The number of hydrogen-bond donors (Lipinski definition) is 0. The number of ether oxygens (including phenoxy) is 2. The summed E-state index contributed by atoms with van der Waals surface area (Å²) in [7, 11) is 0. The van der Waals surface area contributed by atoms with Gasteiger partial charge in [0.25, 0.3) is 11.4 Å². The summed E-state index contributed by atoms with van der Waals surface area (Å²) >= 11 is 6.91. The molecule has 0 bridgehead atoms. The van der Waals surface area contributed by atoms with Crippen molar-refractivity contribution in [3.8, 4) is 5.75 Å². The molecule has 0 spiro atoms. The molecular weight excluding hydrogens is 602 g/mol. The van der Waals surface area contributed by atoms with Gasteiger partial charge in [-0.15, -0.1) is 0 Å². The molecule has 4 rings (SSSR count). The molecule has 0 unspecified atom stereocenters. The van der Waals surface area contributed by atoms with Crippen LogP contribution in [0.15, 0.2) is 74.2 Å². The van der Waals surface area contributed by atoms with Crippen LogP contribution in [0.25, 0.3) is 6.08 Å². The van der Waals surface area contributed by atoms with Crippen LogP contribution in [0.2, 0.25) is 0 Å². The van der Waals surface area contributed by atoms with Gasteiger partial charge in [0.15, 0.2) is 5.70 Å². The number of nitro groups is 2. The van der Waals surface area contributed by atoms with E-state index >= 15 is 0 Å². The number of rotatable bonds is 7. The van der Waals surface area contributed by atoms with Gasteiger partial charge >= 0.3 is 5.97 Å². The van der Waals surface area contributed by atoms with E-state index in [1.807, 2.05) is 0 Å². The first-order valence-electron chi connectivity index (χ1n) is 10.3. The lowest BCUT2D eigenvalue weighted by Gasteiger charge is -2.11. The third kappa shape index (κ3) is 5.34. The maximum atomic E-state index is 12.4. The maximum Gasteiger partial charge on any atom is 0.363 e. The molecule has 3 aromatic rings. The van der Waals surface area contributed by atoms with Crippen LogP contribution in [-0.2, 0) is 16.1 Å². The predicted molar refractivity (Wildman–Crippen MR) is 138 cm³/mol. The number of non-ortho nitro benzene ring substituents is 1. The standard InChI is InChI=1S/C24H15Br2N3O7/c1-13-17(3-2-4-21(13)29(33)34)23-27-20(24(30)36-23)11-15-9-18(25)22(19(26)10-15)35-12-14-5-7-16(8-6-14)28(31)32/h2-11H,12H2,1H3/b20-11-. The number of esters is 1. The fourth-order valence-electron chi connectivity index (χ4n) is 3.41. The van der Waals surface area contributed by atoms with Crippen LogP contribution in [0.5, 0.6) is 5.75 Å². The van der Waals surface area contributed by atoms with Crippen molar-refractivity contribution in [2.24, 2.45) is 4.99 Å². The van der Waals surface area contributed by atoms with E-state index < -0.39 is 15.8 Å². The summed E-state index contributed by atoms with van der Waals surface area (Å²) in [4.78, 5) is 37.7. The molecule has 36 heavy (non-hydrogen) atoms. The van der Waals surface area contributed by atoms with E-state index in [0.29, 0.717) is 31.4 Å². The zero-order valence-electron chi connectivity index (χ0n) is 18.4. The number of carbonyl (C=O) groups excluding carboxylic acids is 1. The van der Waals surface area contributed by atoms with Crippen molar-refractivity contribution in [3.63, 3.8) is 0 Å². The summed E-state index contributed by atoms with van der Waals surface area (Å²) in [5.74, 6) is -0.184. The molecule has 10 nitrogen and oxygen atoms in total. The van der Waals surface area contributed by atoms with E-state index in [-0.39, 0.29) is 29.6 Å². The minimum absolute atomic E-state index is 0.00425. The number of nitro benzene ring substituents is 2. The Hall–Kier alpha value is -3.90. The molecule has 0 radical (unpaired) electrons. The molecule has 0 saturated heterocycles. The normalized spacial score (nSPS) is 13.9. The highest BCUT2D eigenvalue weighted by Crippen LogP contribution is 2.36. The lowest BCUT2D eigenvalue weighted by atomic mass is 10.1. The minimum atomic E-state index is -0.679. The van der Waals surface area contributed by atoms with Gasteiger partial charge < -0.3 is 9.47 Å². The van der Waals surface area contributed by atoms with Crippen molar-refractivity contribution >= 4 is 61.2 Å². The van der Waals surface area contributed by atoms with Crippen molar-refractivity contribution in [1.82, 2.24) is 0 Å². The maximum absolute atomic E-state index is 12.4. The Labute approximate surface area is 220 Å². The van der Waals surface area contributed by atoms with Crippen LogP contribution in [0.1, 0.15) is 22.3 Å². The fourth-order valence-corrected chi connectivity index (χ4v) is 4.86. The van der Waals surface area contributed by atoms with Crippen LogP contribution in [0.3, 0.4) is 0 Å². The van der Waals surface area contributed by atoms with Crippen LogP contribution in [0.4, 0.5) is 11.4 Å². The summed E-state index contributed by atoms with van der Waals surface area (Å²) < 4.78 is 12.3. The van der Waals surface area contributed by atoms with E-state index in [4.69, 9.17) is 9.47 Å². The lowest BCUT2D eigenvalue weighted by molar-refractivity contribution is -0.385. The van der Waals surface area contributed by atoms with Gasteiger partial charge in [0.2, 0.25) is 5.90 Å². The smallest absolute Gasteiger partial charge is 0.363 e. The fraction of sp³-hybridized carbons (Fsp3) is 0.0833. The van der Waals surface area contributed by atoms with Gasteiger partial charge in [0, 0.05) is 29.3 Å². The Morgan fingerprint density at radius 2 is 1.69 bits per heavy atom. The summed E-state index contributed by atoms with van der Waals surface area (Å²) in [6, 6.07) is 14.0. The van der Waals surface area contributed by atoms with Gasteiger partial charge in [-0.1, -0.05) is 6.07 Å². The van der Waals surface area contributed by atoms with Gasteiger partial charge in [0.05, 0.1) is 18.8 Å². The van der Waals surface area contributed by atoms with Crippen LogP contribution in [-0.4, -0.2) is 21.7 Å². The molecule has 0 amide bonds. The summed E-state index contributed by atoms with van der Waals surface area (Å²) in [6.45, 7) is 1.74. The van der Waals surface area contributed by atoms with Crippen molar-refractivity contribution in [2.45, 2.75) is 13.5 Å².